The lowest BCUT2D eigenvalue weighted by atomic mass is 10.0. The van der Waals surface area contributed by atoms with E-state index < -0.39 is 29.5 Å². The van der Waals surface area contributed by atoms with Crippen molar-refractivity contribution in [3.05, 3.63) is 95.3 Å². The third-order valence-corrected chi connectivity index (χ3v) is 7.55. The number of hydrogen-bond donors (Lipinski definition) is 4. The fourth-order valence-corrected chi connectivity index (χ4v) is 5.29. The Morgan fingerprint density at radius 1 is 0.976 bits per heavy atom. The number of hydrogen-bond acceptors (Lipinski definition) is 6. The molecule has 1 unspecified atom stereocenters. The Kier molecular flexibility index (Phi) is 10.6. The van der Waals surface area contributed by atoms with E-state index in [9.17, 15) is 27.2 Å². The minimum absolute atomic E-state index is 0.350. The lowest BCUT2D eigenvalue weighted by Gasteiger charge is -2.27. The third kappa shape index (κ3) is 8.81. The zero-order valence-corrected chi connectivity index (χ0v) is 23.4. The molecule has 0 aliphatic carbocycles. The molecule has 1 aliphatic rings. The van der Waals surface area contributed by atoms with Gasteiger partial charge in [0.25, 0.3) is 0 Å². The van der Waals surface area contributed by atoms with Gasteiger partial charge in [0.2, 0.25) is 11.8 Å². The Hall–Kier alpha value is -3.87. The van der Waals surface area contributed by atoms with Gasteiger partial charge in [0.1, 0.15) is 11.9 Å². The van der Waals surface area contributed by atoms with Gasteiger partial charge in [0.15, 0.2) is 0 Å². The van der Waals surface area contributed by atoms with Crippen LogP contribution < -0.4 is 21.7 Å². The first kappa shape index (κ1) is 31.1. The molecule has 3 aromatic carbocycles. The summed E-state index contributed by atoms with van der Waals surface area (Å²) in [5.41, 5.74) is 6.55. The zero-order chi connectivity index (χ0) is 30.1. The van der Waals surface area contributed by atoms with Crippen molar-refractivity contribution < 1.29 is 27.2 Å². The van der Waals surface area contributed by atoms with Crippen LogP contribution in [0.2, 0.25) is 0 Å². The quantitative estimate of drug-likeness (QED) is 0.141. The Labute approximate surface area is 245 Å². The van der Waals surface area contributed by atoms with Gasteiger partial charge in [-0.2, -0.15) is 24.9 Å². The number of benzene rings is 3. The number of anilines is 3. The number of thioether (sulfide) groups is 1. The highest BCUT2D eigenvalue weighted by molar-refractivity contribution is 7.99. The molecule has 1 atom stereocenters. The third-order valence-electron chi connectivity index (χ3n) is 6.61. The lowest BCUT2D eigenvalue weighted by Crippen LogP contribution is -2.41. The highest BCUT2D eigenvalue weighted by Gasteiger charge is 2.31. The number of nitrogen functional groups attached to an aromatic ring is 1. The fraction of sp³-hybridized carbons (Fsp3) is 0.267. The average molecular weight is 602 g/mol. The van der Waals surface area contributed by atoms with Crippen molar-refractivity contribution in [2.45, 2.75) is 12.2 Å². The Balaban J connectivity index is 1.46. The first-order chi connectivity index (χ1) is 20.1. The molecule has 0 bridgehead atoms. The normalized spacial score (nSPS) is 15.0. The van der Waals surface area contributed by atoms with E-state index in [2.05, 4.69) is 20.9 Å². The van der Waals surface area contributed by atoms with E-state index in [0.717, 1.165) is 36.7 Å². The van der Waals surface area contributed by atoms with Crippen LogP contribution in [-0.2, 0) is 15.8 Å². The van der Waals surface area contributed by atoms with Crippen LogP contribution in [0.3, 0.4) is 0 Å². The van der Waals surface area contributed by atoms with E-state index in [1.165, 1.54) is 6.08 Å². The van der Waals surface area contributed by atoms with Gasteiger partial charge in [-0.1, -0.05) is 36.4 Å². The van der Waals surface area contributed by atoms with Gasteiger partial charge >= 0.3 is 6.18 Å². The maximum atomic E-state index is 14.5. The molecule has 0 saturated carbocycles. The topological polar surface area (TPSA) is 99.5 Å². The molecule has 42 heavy (non-hydrogen) atoms. The second kappa shape index (κ2) is 14.3. The highest BCUT2D eigenvalue weighted by atomic mass is 32.2. The molecule has 5 N–H and O–H groups in total. The minimum atomic E-state index is -4.70. The maximum absolute atomic E-state index is 14.5. The molecule has 222 valence electrons. The molecule has 1 heterocycles. The number of alkyl halides is 3. The maximum Gasteiger partial charge on any atom is 0.416 e. The summed E-state index contributed by atoms with van der Waals surface area (Å²) in [5.74, 6) is -0.110. The summed E-state index contributed by atoms with van der Waals surface area (Å²) in [7, 11) is 0. The van der Waals surface area contributed by atoms with Crippen molar-refractivity contribution >= 4 is 46.7 Å². The van der Waals surface area contributed by atoms with E-state index in [0.29, 0.717) is 41.7 Å². The Bertz CT molecular complexity index is 1410. The van der Waals surface area contributed by atoms with Gasteiger partial charge in [0.05, 0.1) is 22.6 Å². The van der Waals surface area contributed by atoms with Gasteiger partial charge in [-0.05, 0) is 47.5 Å². The number of halogens is 4. The number of nitrogens with two attached hydrogens (primary N) is 1. The van der Waals surface area contributed by atoms with Crippen molar-refractivity contribution in [1.29, 1.82) is 0 Å². The van der Waals surface area contributed by atoms with E-state index in [1.54, 1.807) is 54.6 Å². The summed E-state index contributed by atoms with van der Waals surface area (Å²) in [5, 5.41) is 8.33. The Morgan fingerprint density at radius 2 is 1.69 bits per heavy atom. The number of para-hydroxylation sites is 2. The summed E-state index contributed by atoms with van der Waals surface area (Å²) in [6.07, 6.45) is -1.74. The molecule has 1 saturated heterocycles. The van der Waals surface area contributed by atoms with Crippen molar-refractivity contribution in [2.24, 2.45) is 0 Å². The monoisotopic (exact) mass is 601 g/mol. The van der Waals surface area contributed by atoms with E-state index >= 15 is 0 Å². The molecule has 0 aromatic heterocycles. The number of nitrogens with one attached hydrogen (secondary N) is 3. The highest BCUT2D eigenvalue weighted by Crippen LogP contribution is 2.31. The largest absolute Gasteiger partial charge is 0.416 e. The molecule has 3 aromatic rings. The van der Waals surface area contributed by atoms with Crippen LogP contribution in [0.1, 0.15) is 22.7 Å². The molecule has 1 fully saturated rings. The van der Waals surface area contributed by atoms with Crippen LogP contribution in [0.4, 0.5) is 34.6 Å². The smallest absolute Gasteiger partial charge is 0.397 e. The average Bonchev–Trinajstić information content (AvgIpc) is 2.97. The van der Waals surface area contributed by atoms with Gasteiger partial charge in [-0.15, -0.1) is 0 Å². The van der Waals surface area contributed by atoms with E-state index in [4.69, 9.17) is 5.73 Å². The van der Waals surface area contributed by atoms with Crippen LogP contribution in [0, 0.1) is 5.82 Å². The second-order valence-electron chi connectivity index (χ2n) is 9.60. The number of nitrogens with zero attached hydrogens (tertiary/aromatic N) is 1. The zero-order valence-electron chi connectivity index (χ0n) is 22.6. The van der Waals surface area contributed by atoms with Gasteiger partial charge < -0.3 is 26.6 Å². The van der Waals surface area contributed by atoms with Crippen molar-refractivity contribution in [3.63, 3.8) is 0 Å². The molecule has 12 heteroatoms. The van der Waals surface area contributed by atoms with Crippen molar-refractivity contribution in [2.75, 3.05) is 54.1 Å². The standard InChI is InChI=1S/C30H31F4N5O2S/c31-23-19-22(30(32,33)34)10-11-25(23)38-29(41)28(36-13-14-39-15-17-42-18-16-39)21-8-5-20(6-9-21)7-12-27(40)37-26-4-2-1-3-24(26)35/h1-12,19,28,36H,13-18,35H2,(H,37,40)(H,38,41)/b12-7+. The van der Waals surface area contributed by atoms with Crippen LogP contribution in [0.5, 0.6) is 0 Å². The first-order valence-corrected chi connectivity index (χ1v) is 14.4. The van der Waals surface area contributed by atoms with E-state index in [-0.39, 0.29) is 11.6 Å². The van der Waals surface area contributed by atoms with Crippen molar-refractivity contribution in [3.8, 4) is 0 Å². The van der Waals surface area contributed by atoms with Gasteiger partial charge in [-0.25, -0.2) is 4.39 Å². The summed E-state index contributed by atoms with van der Waals surface area (Å²) in [4.78, 5) is 27.9. The number of carbonyl (C=O) groups is 2. The molecule has 1 aliphatic heterocycles. The summed E-state index contributed by atoms with van der Waals surface area (Å²) in [6.45, 7) is 3.03. The van der Waals surface area contributed by atoms with E-state index in [1.807, 2.05) is 11.8 Å². The van der Waals surface area contributed by atoms with Crippen LogP contribution >= 0.6 is 11.8 Å². The molecule has 2 amide bonds. The Morgan fingerprint density at radius 3 is 2.36 bits per heavy atom. The lowest BCUT2D eigenvalue weighted by molar-refractivity contribution is -0.137. The van der Waals surface area contributed by atoms with Crippen LogP contribution in [0.15, 0.2) is 72.8 Å². The fourth-order valence-electron chi connectivity index (χ4n) is 4.31. The summed E-state index contributed by atoms with van der Waals surface area (Å²) < 4.78 is 53.3. The molecular formula is C30H31F4N5O2S. The van der Waals surface area contributed by atoms with Crippen molar-refractivity contribution in [1.82, 2.24) is 10.2 Å². The molecule has 4 rings (SSSR count). The predicted octanol–water partition coefficient (Wildman–Crippen LogP) is 5.40. The summed E-state index contributed by atoms with van der Waals surface area (Å²) >= 11 is 1.88. The first-order valence-electron chi connectivity index (χ1n) is 13.2. The van der Waals surface area contributed by atoms with Gasteiger partial charge in [-0.3, -0.25) is 9.59 Å². The van der Waals surface area contributed by atoms with Crippen LogP contribution in [0.25, 0.3) is 6.08 Å². The van der Waals surface area contributed by atoms with Gasteiger partial charge in [0, 0.05) is 43.8 Å². The number of amides is 2. The SMILES string of the molecule is Nc1ccccc1NC(=O)/C=C/c1ccc(C(NCCN2CCSCC2)C(=O)Nc2ccc(C(F)(F)F)cc2F)cc1. The molecule has 0 radical (unpaired) electrons. The number of rotatable bonds is 10. The number of carbonyl (C=O) groups excluding carboxylic acids is 2. The molecular weight excluding hydrogens is 570 g/mol. The predicted molar refractivity (Wildman–Crippen MR) is 160 cm³/mol. The summed E-state index contributed by atoms with van der Waals surface area (Å²) in [6, 6.07) is 14.8. The second-order valence-corrected chi connectivity index (χ2v) is 10.8. The molecule has 0 spiro atoms. The minimum Gasteiger partial charge on any atom is -0.397 e. The van der Waals surface area contributed by atoms with Crippen LogP contribution in [-0.4, -0.2) is 54.4 Å². The molecule has 7 nitrogen and oxygen atoms in total.